The first-order valence-electron chi connectivity index (χ1n) is 6.96. The van der Waals surface area contributed by atoms with Gasteiger partial charge in [-0.15, -0.1) is 0 Å². The monoisotopic (exact) mass is 270 g/mol. The summed E-state index contributed by atoms with van der Waals surface area (Å²) in [6, 6.07) is 0. The highest BCUT2D eigenvalue weighted by Crippen LogP contribution is 2.35. The van der Waals surface area contributed by atoms with E-state index in [2.05, 4.69) is 5.32 Å². The maximum Gasteiger partial charge on any atom is 0.309 e. The second-order valence-corrected chi connectivity index (χ2v) is 6.42. The van der Waals surface area contributed by atoms with Gasteiger partial charge in [-0.1, -0.05) is 6.92 Å². The molecule has 5 nitrogen and oxygen atoms in total. The summed E-state index contributed by atoms with van der Waals surface area (Å²) in [5.41, 5.74) is -0.714. The van der Waals surface area contributed by atoms with Crippen LogP contribution in [0.5, 0.6) is 0 Å². The number of hydrogen-bond donors (Lipinski definition) is 2. The van der Waals surface area contributed by atoms with Gasteiger partial charge < -0.3 is 15.3 Å². The van der Waals surface area contributed by atoms with E-state index in [-0.39, 0.29) is 11.4 Å². The summed E-state index contributed by atoms with van der Waals surface area (Å²) in [5.74, 6) is -0.667. The highest BCUT2D eigenvalue weighted by atomic mass is 16.4. The number of carbonyl (C=O) groups is 2. The number of rotatable bonds is 4. The molecule has 0 aliphatic carbocycles. The van der Waals surface area contributed by atoms with Gasteiger partial charge in [-0.2, -0.15) is 0 Å². The number of aliphatic carboxylic acids is 1. The first kappa shape index (κ1) is 16.0. The van der Waals surface area contributed by atoms with Crippen LogP contribution in [0.4, 0.5) is 0 Å². The van der Waals surface area contributed by atoms with Crippen molar-refractivity contribution in [3.05, 3.63) is 0 Å². The second kappa shape index (κ2) is 5.90. The molecular formula is C14H26N2O3. The normalized spacial score (nSPS) is 19.3. The van der Waals surface area contributed by atoms with Crippen molar-refractivity contribution in [1.82, 2.24) is 10.2 Å². The van der Waals surface area contributed by atoms with Crippen molar-refractivity contribution < 1.29 is 14.7 Å². The van der Waals surface area contributed by atoms with Gasteiger partial charge in [0.2, 0.25) is 5.91 Å². The van der Waals surface area contributed by atoms with Crippen LogP contribution in [0, 0.1) is 5.41 Å². The molecule has 0 spiro atoms. The third-order valence-corrected chi connectivity index (χ3v) is 3.97. The van der Waals surface area contributed by atoms with Gasteiger partial charge in [-0.3, -0.25) is 9.59 Å². The zero-order valence-electron chi connectivity index (χ0n) is 12.5. The first-order valence-corrected chi connectivity index (χ1v) is 6.96. The van der Waals surface area contributed by atoms with Crippen LogP contribution in [0.1, 0.15) is 47.0 Å². The summed E-state index contributed by atoms with van der Waals surface area (Å²) in [7, 11) is 0. The average molecular weight is 270 g/mol. The minimum Gasteiger partial charge on any atom is -0.481 e. The minimum absolute atomic E-state index is 0.0602. The largest absolute Gasteiger partial charge is 0.481 e. The van der Waals surface area contributed by atoms with E-state index in [1.807, 2.05) is 27.7 Å². The topological polar surface area (TPSA) is 69.6 Å². The third-order valence-electron chi connectivity index (χ3n) is 3.97. The first-order chi connectivity index (χ1) is 8.70. The van der Waals surface area contributed by atoms with Gasteiger partial charge in [-0.05, 0) is 40.0 Å². The zero-order valence-corrected chi connectivity index (χ0v) is 12.5. The highest BCUT2D eigenvalue weighted by Gasteiger charge is 2.40. The summed E-state index contributed by atoms with van der Waals surface area (Å²) in [5, 5.41) is 12.5. The van der Waals surface area contributed by atoms with Crippen molar-refractivity contribution in [2.45, 2.75) is 52.5 Å². The van der Waals surface area contributed by atoms with Gasteiger partial charge in [0.25, 0.3) is 0 Å². The Balaban J connectivity index is 2.49. The Kier molecular flexibility index (Phi) is 4.96. The van der Waals surface area contributed by atoms with Crippen LogP contribution >= 0.6 is 0 Å². The van der Waals surface area contributed by atoms with Crippen LogP contribution in [0.25, 0.3) is 0 Å². The lowest BCUT2D eigenvalue weighted by molar-refractivity contribution is -0.154. The fourth-order valence-corrected chi connectivity index (χ4v) is 2.36. The van der Waals surface area contributed by atoms with Crippen molar-refractivity contribution in [1.29, 1.82) is 0 Å². The predicted molar refractivity (Wildman–Crippen MR) is 73.9 cm³/mol. The molecule has 1 aliphatic rings. The predicted octanol–water partition coefficient (Wildman–Crippen LogP) is 1.48. The van der Waals surface area contributed by atoms with Crippen molar-refractivity contribution in [3.8, 4) is 0 Å². The van der Waals surface area contributed by atoms with Gasteiger partial charge in [0, 0.05) is 18.6 Å². The molecule has 0 saturated carbocycles. The molecule has 1 amide bonds. The Hall–Kier alpha value is -1.10. The molecule has 1 heterocycles. The van der Waals surface area contributed by atoms with Crippen molar-refractivity contribution in [3.63, 3.8) is 0 Å². The summed E-state index contributed by atoms with van der Waals surface area (Å²) in [6.45, 7) is 9.37. The molecule has 1 saturated heterocycles. The molecule has 0 aromatic heterocycles. The molecule has 0 unspecified atom stereocenters. The fourth-order valence-electron chi connectivity index (χ4n) is 2.36. The number of piperidine rings is 1. The Labute approximate surface area is 115 Å². The number of amides is 1. The van der Waals surface area contributed by atoms with E-state index in [0.29, 0.717) is 38.9 Å². The molecular weight excluding hydrogens is 244 g/mol. The Bertz CT molecular complexity index is 339. The lowest BCUT2D eigenvalue weighted by Gasteiger charge is -2.38. The molecule has 0 radical (unpaired) electrons. The van der Waals surface area contributed by atoms with Gasteiger partial charge in [-0.25, -0.2) is 0 Å². The molecule has 5 heteroatoms. The maximum atomic E-state index is 12.0. The maximum absolute atomic E-state index is 12.0. The molecule has 0 aromatic carbocycles. The zero-order chi connectivity index (χ0) is 14.7. The van der Waals surface area contributed by atoms with Gasteiger partial charge >= 0.3 is 5.97 Å². The molecule has 1 rings (SSSR count). The summed E-state index contributed by atoms with van der Waals surface area (Å²) >= 11 is 0. The van der Waals surface area contributed by atoms with Gasteiger partial charge in [0.05, 0.1) is 12.0 Å². The Morgan fingerprint density at radius 2 is 1.79 bits per heavy atom. The smallest absolute Gasteiger partial charge is 0.309 e. The molecule has 0 aromatic rings. The number of nitrogens with zero attached hydrogens (tertiary/aromatic N) is 1. The van der Waals surface area contributed by atoms with E-state index in [1.54, 1.807) is 4.90 Å². The molecule has 1 aliphatic heterocycles. The van der Waals surface area contributed by atoms with Crippen LogP contribution in [0.3, 0.4) is 0 Å². The molecule has 110 valence electrons. The minimum atomic E-state index is -0.727. The molecule has 1 fully saturated rings. The van der Waals surface area contributed by atoms with Crippen LogP contribution in [0.2, 0.25) is 0 Å². The number of carboxylic acid groups (broad SMARTS) is 1. The van der Waals surface area contributed by atoms with E-state index in [0.717, 1.165) is 0 Å². The number of carbonyl (C=O) groups excluding carboxylic acids is 1. The van der Waals surface area contributed by atoms with Crippen LogP contribution in [0.15, 0.2) is 0 Å². The third kappa shape index (κ3) is 4.20. The Morgan fingerprint density at radius 3 is 2.16 bits per heavy atom. The van der Waals surface area contributed by atoms with E-state index in [9.17, 15) is 14.7 Å². The average Bonchev–Trinajstić information content (AvgIpc) is 2.35. The van der Waals surface area contributed by atoms with Crippen LogP contribution in [-0.4, -0.2) is 47.1 Å². The molecule has 0 atom stereocenters. The van der Waals surface area contributed by atoms with E-state index < -0.39 is 11.4 Å². The molecule has 2 N–H and O–H groups in total. The van der Waals surface area contributed by atoms with Gasteiger partial charge in [0.15, 0.2) is 0 Å². The van der Waals surface area contributed by atoms with Crippen molar-refractivity contribution in [2.75, 3.05) is 19.6 Å². The van der Waals surface area contributed by atoms with Crippen molar-refractivity contribution in [2.24, 2.45) is 5.41 Å². The lowest BCUT2D eigenvalue weighted by Crippen LogP contribution is -2.50. The quantitative estimate of drug-likeness (QED) is 0.812. The van der Waals surface area contributed by atoms with E-state index in [1.165, 1.54) is 0 Å². The number of hydrogen-bond acceptors (Lipinski definition) is 3. The molecule has 0 bridgehead atoms. The van der Waals surface area contributed by atoms with E-state index >= 15 is 0 Å². The summed E-state index contributed by atoms with van der Waals surface area (Å²) in [4.78, 5) is 25.1. The second-order valence-electron chi connectivity index (χ2n) is 6.42. The fraction of sp³-hybridized carbons (Fsp3) is 0.857. The summed E-state index contributed by atoms with van der Waals surface area (Å²) < 4.78 is 0. The van der Waals surface area contributed by atoms with Gasteiger partial charge in [0.1, 0.15) is 0 Å². The number of carboxylic acids is 1. The number of nitrogens with one attached hydrogen (secondary N) is 1. The summed E-state index contributed by atoms with van der Waals surface area (Å²) in [6.07, 6.45) is 1.74. The number of likely N-dealkylation sites (tertiary alicyclic amines) is 1. The van der Waals surface area contributed by atoms with Crippen LogP contribution < -0.4 is 5.32 Å². The molecule has 19 heavy (non-hydrogen) atoms. The lowest BCUT2D eigenvalue weighted by atomic mass is 9.76. The van der Waals surface area contributed by atoms with Crippen molar-refractivity contribution >= 4 is 11.9 Å². The SMILES string of the molecule is CCC1(C(=O)O)CCN(C(=O)CNC(C)(C)C)CC1. The standard InChI is InChI=1S/C14H26N2O3/c1-5-14(12(18)19)6-8-16(9-7-14)11(17)10-15-13(2,3)4/h15H,5-10H2,1-4H3,(H,18,19). The Morgan fingerprint density at radius 1 is 1.26 bits per heavy atom. The van der Waals surface area contributed by atoms with E-state index in [4.69, 9.17) is 0 Å². The van der Waals surface area contributed by atoms with Crippen LogP contribution in [-0.2, 0) is 9.59 Å². The highest BCUT2D eigenvalue weighted by molar-refractivity contribution is 5.79.